The van der Waals surface area contributed by atoms with Gasteiger partial charge in [-0.05, 0) is 66.8 Å². The molecule has 4 heterocycles. The highest BCUT2D eigenvalue weighted by molar-refractivity contribution is 7.80. The Morgan fingerprint density at radius 1 is 1.00 bits per heavy atom. The Morgan fingerprint density at radius 2 is 1.89 bits per heavy atom. The lowest BCUT2D eigenvalue weighted by Crippen LogP contribution is -2.30. The van der Waals surface area contributed by atoms with Crippen molar-refractivity contribution < 1.29 is 19.4 Å². The second kappa shape index (κ2) is 8.44. The number of aromatic carboxylic acids is 1. The maximum Gasteiger partial charge on any atom is 0.335 e. The number of aromatic nitrogens is 2. The average Bonchev–Trinajstić information content (AvgIpc) is 3.62. The molecule has 0 saturated carbocycles. The van der Waals surface area contributed by atoms with E-state index < -0.39 is 5.97 Å². The molecule has 2 aliphatic rings. The zero-order valence-electron chi connectivity index (χ0n) is 18.4. The van der Waals surface area contributed by atoms with Crippen LogP contribution in [0.5, 0.6) is 11.5 Å². The average molecular weight is 485 g/mol. The maximum absolute atomic E-state index is 11.6. The molecule has 0 radical (unpaired) electrons. The van der Waals surface area contributed by atoms with Gasteiger partial charge in [-0.2, -0.15) is 0 Å². The summed E-state index contributed by atoms with van der Waals surface area (Å²) in [5, 5.41) is 13.5. The highest BCUT2D eigenvalue weighted by atomic mass is 32.1. The maximum atomic E-state index is 11.6. The Bertz CT molecular complexity index is 1440. The van der Waals surface area contributed by atoms with Gasteiger partial charge in [0.15, 0.2) is 16.6 Å². The van der Waals surface area contributed by atoms with E-state index in [1.54, 1.807) is 24.4 Å². The molecule has 8 nitrogen and oxygen atoms in total. The predicted octanol–water partition coefficient (Wildman–Crippen LogP) is 4.48. The van der Waals surface area contributed by atoms with E-state index in [2.05, 4.69) is 10.3 Å². The molecule has 0 aliphatic carbocycles. The zero-order valence-corrected chi connectivity index (χ0v) is 19.2. The number of hydrogen-bond acceptors (Lipinski definition) is 5. The summed E-state index contributed by atoms with van der Waals surface area (Å²) < 4.78 is 13.1. The molecule has 174 valence electrons. The fraction of sp³-hybridized carbons (Fsp3) is 0.115. The number of hydrogen-bond donors (Lipinski definition) is 2. The van der Waals surface area contributed by atoms with Crippen LogP contribution >= 0.6 is 12.2 Å². The van der Waals surface area contributed by atoms with E-state index in [1.807, 2.05) is 70.3 Å². The first kappa shape index (κ1) is 21.2. The number of benzene rings is 2. The third-order valence-corrected chi connectivity index (χ3v) is 6.50. The summed E-state index contributed by atoms with van der Waals surface area (Å²) in [6.45, 7) is 0.185. The van der Waals surface area contributed by atoms with Crippen LogP contribution in [0.3, 0.4) is 0 Å². The fourth-order valence-electron chi connectivity index (χ4n) is 4.63. The minimum atomic E-state index is -0.974. The smallest absolute Gasteiger partial charge is 0.335 e. The van der Waals surface area contributed by atoms with Crippen molar-refractivity contribution in [1.29, 1.82) is 0 Å². The number of carboxylic acid groups (broad SMARTS) is 1. The van der Waals surface area contributed by atoms with Crippen LogP contribution in [-0.4, -0.2) is 32.5 Å². The molecule has 0 spiro atoms. The van der Waals surface area contributed by atoms with E-state index in [4.69, 9.17) is 21.7 Å². The van der Waals surface area contributed by atoms with Gasteiger partial charge < -0.3 is 29.4 Å². The van der Waals surface area contributed by atoms with Crippen LogP contribution in [0.1, 0.15) is 33.8 Å². The molecule has 1 saturated heterocycles. The van der Waals surface area contributed by atoms with Gasteiger partial charge in [-0.1, -0.05) is 12.1 Å². The van der Waals surface area contributed by atoms with Gasteiger partial charge in [-0.15, -0.1) is 0 Å². The van der Waals surface area contributed by atoms with Gasteiger partial charge in [0.2, 0.25) is 6.79 Å². The van der Waals surface area contributed by atoms with Gasteiger partial charge in [-0.3, -0.25) is 4.98 Å². The summed E-state index contributed by atoms with van der Waals surface area (Å²) >= 11 is 5.82. The lowest BCUT2D eigenvalue weighted by Gasteiger charge is -2.29. The van der Waals surface area contributed by atoms with E-state index >= 15 is 0 Å². The van der Waals surface area contributed by atoms with Crippen LogP contribution in [0.2, 0.25) is 0 Å². The normalized spacial score (nSPS) is 18.5. The molecule has 35 heavy (non-hydrogen) atoms. The van der Waals surface area contributed by atoms with Gasteiger partial charge in [0.05, 0.1) is 17.3 Å². The van der Waals surface area contributed by atoms with Crippen molar-refractivity contribution in [3.63, 3.8) is 0 Å². The molecular weight excluding hydrogens is 464 g/mol. The van der Waals surface area contributed by atoms with Crippen LogP contribution < -0.4 is 19.7 Å². The topological polar surface area (TPSA) is 88.8 Å². The third kappa shape index (κ3) is 3.66. The number of rotatable bonds is 5. The molecule has 2 aromatic heterocycles. The molecule has 6 rings (SSSR count). The minimum absolute atomic E-state index is 0.185. The molecule has 2 aromatic carbocycles. The first-order valence-corrected chi connectivity index (χ1v) is 11.4. The quantitative estimate of drug-likeness (QED) is 0.401. The molecule has 2 N–H and O–H groups in total. The van der Waals surface area contributed by atoms with E-state index in [-0.39, 0.29) is 24.4 Å². The molecule has 0 unspecified atom stereocenters. The highest BCUT2D eigenvalue weighted by Gasteiger charge is 2.42. The number of fused-ring (bicyclic) bond motifs is 1. The summed E-state index contributed by atoms with van der Waals surface area (Å²) in [5.74, 6) is 0.381. The predicted molar refractivity (Wildman–Crippen MR) is 133 cm³/mol. The third-order valence-electron chi connectivity index (χ3n) is 6.19. The first-order valence-electron chi connectivity index (χ1n) is 11.0. The molecule has 2 atom stereocenters. The largest absolute Gasteiger partial charge is 0.478 e. The molecule has 9 heteroatoms. The second-order valence-electron chi connectivity index (χ2n) is 8.19. The SMILES string of the molecule is O=C(O)c1cccc(-n2cccc2[C@@H]2[C@H](c3ccccn3)NC(=S)N2c2ccc3c(c2)OCO3)c1. The Balaban J connectivity index is 1.50. The zero-order chi connectivity index (χ0) is 23.9. The van der Waals surface area contributed by atoms with Crippen molar-refractivity contribution in [2.75, 3.05) is 11.7 Å². The van der Waals surface area contributed by atoms with Gasteiger partial charge in [0.25, 0.3) is 0 Å². The number of nitrogens with zero attached hydrogens (tertiary/aromatic N) is 3. The Kier molecular flexibility index (Phi) is 5.11. The molecule has 0 bridgehead atoms. The van der Waals surface area contributed by atoms with Crippen molar-refractivity contribution in [3.05, 3.63) is 102 Å². The summed E-state index contributed by atoms with van der Waals surface area (Å²) in [6.07, 6.45) is 3.68. The van der Waals surface area contributed by atoms with E-state index in [0.717, 1.165) is 22.8 Å². The molecule has 2 aliphatic heterocycles. The lowest BCUT2D eigenvalue weighted by molar-refractivity contribution is 0.0697. The molecule has 4 aromatic rings. The van der Waals surface area contributed by atoms with Gasteiger partial charge in [0, 0.05) is 35.5 Å². The molecule has 0 amide bonds. The van der Waals surface area contributed by atoms with Crippen LogP contribution in [0, 0.1) is 0 Å². The van der Waals surface area contributed by atoms with Crippen molar-refractivity contribution >= 4 is 29.0 Å². The minimum Gasteiger partial charge on any atom is -0.478 e. The Labute approximate surface area is 206 Å². The van der Waals surface area contributed by atoms with E-state index in [1.165, 1.54) is 0 Å². The number of thiocarbonyl (C=S) groups is 1. The number of carboxylic acids is 1. The van der Waals surface area contributed by atoms with Crippen LogP contribution in [0.4, 0.5) is 5.69 Å². The van der Waals surface area contributed by atoms with Crippen LogP contribution in [0.15, 0.2) is 85.2 Å². The standard InChI is InChI=1S/C26H20N4O4S/c31-25(32)16-5-3-6-17(13-16)29-12-4-8-20(29)24-23(19-7-1-2-11-27-19)28-26(35)30(24)18-9-10-21-22(14-18)34-15-33-21/h1-14,23-24H,15H2,(H,28,35)(H,31,32)/t23-,24+/m0/s1. The van der Waals surface area contributed by atoms with E-state index in [0.29, 0.717) is 16.6 Å². The monoisotopic (exact) mass is 484 g/mol. The fourth-order valence-corrected chi connectivity index (χ4v) is 4.97. The number of carbonyl (C=O) groups is 1. The van der Waals surface area contributed by atoms with Gasteiger partial charge >= 0.3 is 5.97 Å². The van der Waals surface area contributed by atoms with Crippen molar-refractivity contribution in [1.82, 2.24) is 14.9 Å². The highest BCUT2D eigenvalue weighted by Crippen LogP contribution is 2.44. The summed E-state index contributed by atoms with van der Waals surface area (Å²) in [4.78, 5) is 18.2. The van der Waals surface area contributed by atoms with Crippen molar-refractivity contribution in [2.24, 2.45) is 0 Å². The first-order chi connectivity index (χ1) is 17.1. The van der Waals surface area contributed by atoms with Gasteiger partial charge in [0.1, 0.15) is 6.04 Å². The summed E-state index contributed by atoms with van der Waals surface area (Å²) in [7, 11) is 0. The van der Waals surface area contributed by atoms with Gasteiger partial charge in [-0.25, -0.2) is 4.79 Å². The summed E-state index contributed by atoms with van der Waals surface area (Å²) in [6, 6.07) is 21.8. The van der Waals surface area contributed by atoms with Crippen molar-refractivity contribution in [3.8, 4) is 17.2 Å². The second-order valence-corrected chi connectivity index (χ2v) is 8.58. The molecule has 1 fully saturated rings. The van der Waals surface area contributed by atoms with E-state index in [9.17, 15) is 9.90 Å². The van der Waals surface area contributed by atoms with Crippen LogP contribution in [0.25, 0.3) is 5.69 Å². The lowest BCUT2D eigenvalue weighted by atomic mass is 10.0. The number of nitrogens with one attached hydrogen (secondary N) is 1. The number of anilines is 1. The molecular formula is C26H20N4O4S. The van der Waals surface area contributed by atoms with Crippen LogP contribution in [-0.2, 0) is 0 Å². The summed E-state index contributed by atoms with van der Waals surface area (Å²) in [5.41, 5.74) is 3.58. The Morgan fingerprint density at radius 3 is 2.71 bits per heavy atom. The number of pyridine rings is 1. The Hall–Kier alpha value is -4.37. The number of ether oxygens (including phenoxy) is 2. The van der Waals surface area contributed by atoms with Crippen molar-refractivity contribution in [2.45, 2.75) is 12.1 Å².